The molecule has 4 heteroatoms. The Bertz CT molecular complexity index is 352. The van der Waals surface area contributed by atoms with E-state index in [2.05, 4.69) is 19.3 Å². The number of hydrogen-bond acceptors (Lipinski definition) is 4. The number of methoxy groups -OCH3 is 1. The maximum absolute atomic E-state index is 5.94. The van der Waals surface area contributed by atoms with Crippen LogP contribution in [0.1, 0.15) is 38.3 Å². The predicted octanol–water partition coefficient (Wildman–Crippen LogP) is 1.98. The first-order valence-corrected chi connectivity index (χ1v) is 5.86. The molecule has 0 saturated heterocycles. The van der Waals surface area contributed by atoms with Crippen molar-refractivity contribution in [1.29, 1.82) is 0 Å². The van der Waals surface area contributed by atoms with Crippen molar-refractivity contribution in [3.8, 4) is 0 Å². The molecule has 1 aromatic carbocycles. The van der Waals surface area contributed by atoms with Gasteiger partial charge in [0.05, 0.1) is 5.60 Å². The van der Waals surface area contributed by atoms with Crippen LogP contribution in [0.4, 0.5) is 5.69 Å². The lowest BCUT2D eigenvalue weighted by atomic mass is 9.94. The average Bonchev–Trinajstić information content (AvgIpc) is 2.32. The molecule has 1 atom stereocenters. The number of hydrogen-bond donors (Lipinski definition) is 3. The van der Waals surface area contributed by atoms with E-state index in [0.717, 1.165) is 24.1 Å². The molecule has 0 bridgehead atoms. The number of nitrogens with one attached hydrogen (secondary N) is 1. The van der Waals surface area contributed by atoms with Crippen LogP contribution < -0.4 is 17.0 Å². The van der Waals surface area contributed by atoms with Crippen LogP contribution in [0.15, 0.2) is 24.3 Å². The van der Waals surface area contributed by atoms with Crippen molar-refractivity contribution in [2.45, 2.75) is 38.3 Å². The highest BCUT2D eigenvalue weighted by Crippen LogP contribution is 2.27. The standard InChI is InChI=1S/C13H23N3O/c1-13(2,17-3)9-8-12(16-15)10-6-4-5-7-11(10)14/h4-7,12,16H,8-9,14-15H2,1-3H3. The summed E-state index contributed by atoms with van der Waals surface area (Å²) in [6.45, 7) is 4.13. The van der Waals surface area contributed by atoms with Gasteiger partial charge < -0.3 is 10.5 Å². The van der Waals surface area contributed by atoms with Crippen molar-refractivity contribution in [3.05, 3.63) is 29.8 Å². The molecule has 1 rings (SSSR count). The molecule has 0 radical (unpaired) electrons. The SMILES string of the molecule is COC(C)(C)CCC(NN)c1ccccc1N. The van der Waals surface area contributed by atoms with Gasteiger partial charge in [0.15, 0.2) is 0 Å². The second-order valence-corrected chi connectivity index (χ2v) is 4.85. The minimum Gasteiger partial charge on any atom is -0.398 e. The van der Waals surface area contributed by atoms with Gasteiger partial charge in [0.1, 0.15) is 0 Å². The van der Waals surface area contributed by atoms with Crippen LogP contribution in [0.5, 0.6) is 0 Å². The minimum absolute atomic E-state index is 0.0608. The van der Waals surface area contributed by atoms with Gasteiger partial charge in [-0.25, -0.2) is 0 Å². The number of rotatable bonds is 6. The minimum atomic E-state index is -0.140. The molecule has 4 nitrogen and oxygen atoms in total. The van der Waals surface area contributed by atoms with Gasteiger partial charge in [0.25, 0.3) is 0 Å². The van der Waals surface area contributed by atoms with Gasteiger partial charge >= 0.3 is 0 Å². The summed E-state index contributed by atoms with van der Waals surface area (Å²) in [6, 6.07) is 7.84. The normalized spacial score (nSPS) is 13.6. The number of ether oxygens (including phenoxy) is 1. The second-order valence-electron chi connectivity index (χ2n) is 4.85. The number of hydrazine groups is 1. The van der Waals surface area contributed by atoms with E-state index >= 15 is 0 Å². The molecular formula is C13H23N3O. The Morgan fingerprint density at radius 2 is 2.00 bits per heavy atom. The Morgan fingerprint density at radius 3 is 2.53 bits per heavy atom. The van der Waals surface area contributed by atoms with E-state index in [9.17, 15) is 0 Å². The molecule has 0 aliphatic heterocycles. The van der Waals surface area contributed by atoms with Gasteiger partial charge in [0.2, 0.25) is 0 Å². The van der Waals surface area contributed by atoms with Gasteiger partial charge in [-0.15, -0.1) is 0 Å². The Morgan fingerprint density at radius 1 is 1.35 bits per heavy atom. The fourth-order valence-electron chi connectivity index (χ4n) is 1.75. The van der Waals surface area contributed by atoms with Gasteiger partial charge in [-0.05, 0) is 38.3 Å². The van der Waals surface area contributed by atoms with Gasteiger partial charge in [-0.1, -0.05) is 18.2 Å². The molecule has 0 amide bonds. The van der Waals surface area contributed by atoms with Crippen LogP contribution in [0.3, 0.4) is 0 Å². The van der Waals surface area contributed by atoms with Gasteiger partial charge in [-0.3, -0.25) is 11.3 Å². The van der Waals surface area contributed by atoms with E-state index in [1.807, 2.05) is 24.3 Å². The molecule has 0 aliphatic rings. The first-order valence-electron chi connectivity index (χ1n) is 5.86. The summed E-state index contributed by atoms with van der Waals surface area (Å²) in [5.74, 6) is 5.60. The molecule has 17 heavy (non-hydrogen) atoms. The highest BCUT2D eigenvalue weighted by molar-refractivity contribution is 5.48. The lowest BCUT2D eigenvalue weighted by molar-refractivity contribution is 0.0117. The predicted molar refractivity (Wildman–Crippen MR) is 71.2 cm³/mol. The molecule has 0 aromatic heterocycles. The highest BCUT2D eigenvalue weighted by Gasteiger charge is 2.20. The summed E-state index contributed by atoms with van der Waals surface area (Å²) in [4.78, 5) is 0. The zero-order valence-electron chi connectivity index (χ0n) is 10.9. The maximum Gasteiger partial charge on any atom is 0.0623 e. The molecule has 96 valence electrons. The topological polar surface area (TPSA) is 73.3 Å². The number of anilines is 1. The fourth-order valence-corrected chi connectivity index (χ4v) is 1.75. The number of nitrogens with two attached hydrogens (primary N) is 2. The average molecular weight is 237 g/mol. The summed E-state index contributed by atoms with van der Waals surface area (Å²) >= 11 is 0. The van der Waals surface area contributed by atoms with Gasteiger partial charge in [0, 0.05) is 18.8 Å². The largest absolute Gasteiger partial charge is 0.398 e. The van der Waals surface area contributed by atoms with E-state index in [1.165, 1.54) is 0 Å². The molecule has 0 spiro atoms. The highest BCUT2D eigenvalue weighted by atomic mass is 16.5. The molecule has 1 unspecified atom stereocenters. The van der Waals surface area contributed by atoms with Crippen LogP contribution in [-0.2, 0) is 4.74 Å². The van der Waals surface area contributed by atoms with Crippen LogP contribution in [0.25, 0.3) is 0 Å². The van der Waals surface area contributed by atoms with E-state index in [-0.39, 0.29) is 11.6 Å². The fraction of sp³-hybridized carbons (Fsp3) is 0.538. The quantitative estimate of drug-likeness (QED) is 0.402. The molecule has 0 fully saturated rings. The second kappa shape index (κ2) is 6.00. The Hall–Kier alpha value is -1.10. The lowest BCUT2D eigenvalue weighted by Crippen LogP contribution is -2.31. The third kappa shape index (κ3) is 4.00. The Kier molecular flexibility index (Phi) is 4.93. The zero-order valence-corrected chi connectivity index (χ0v) is 10.9. The summed E-state index contributed by atoms with van der Waals surface area (Å²) < 4.78 is 5.40. The van der Waals surface area contributed by atoms with Crippen molar-refractivity contribution in [2.24, 2.45) is 5.84 Å². The monoisotopic (exact) mass is 237 g/mol. The first kappa shape index (κ1) is 14.0. The molecule has 0 heterocycles. The third-order valence-corrected chi connectivity index (χ3v) is 3.16. The number of para-hydroxylation sites is 1. The number of nitrogen functional groups attached to an aromatic ring is 1. The van der Waals surface area contributed by atoms with Crippen LogP contribution >= 0.6 is 0 Å². The zero-order chi connectivity index (χ0) is 12.9. The lowest BCUT2D eigenvalue weighted by Gasteiger charge is -2.26. The maximum atomic E-state index is 5.94. The van der Waals surface area contributed by atoms with Crippen LogP contribution in [-0.4, -0.2) is 12.7 Å². The van der Waals surface area contributed by atoms with E-state index in [1.54, 1.807) is 7.11 Å². The van der Waals surface area contributed by atoms with Crippen molar-refractivity contribution >= 4 is 5.69 Å². The van der Waals surface area contributed by atoms with Crippen LogP contribution in [0, 0.1) is 0 Å². The van der Waals surface area contributed by atoms with E-state index in [4.69, 9.17) is 16.3 Å². The van der Waals surface area contributed by atoms with Crippen molar-refractivity contribution in [1.82, 2.24) is 5.43 Å². The molecule has 0 saturated carbocycles. The molecule has 5 N–H and O–H groups in total. The van der Waals surface area contributed by atoms with Crippen LogP contribution in [0.2, 0.25) is 0 Å². The molecule has 1 aromatic rings. The smallest absolute Gasteiger partial charge is 0.0623 e. The summed E-state index contributed by atoms with van der Waals surface area (Å²) in [5, 5.41) is 0. The van der Waals surface area contributed by atoms with Crippen molar-refractivity contribution in [2.75, 3.05) is 12.8 Å². The van der Waals surface area contributed by atoms with Crippen molar-refractivity contribution < 1.29 is 4.74 Å². The Labute approximate surface area is 103 Å². The summed E-state index contributed by atoms with van der Waals surface area (Å²) in [6.07, 6.45) is 1.79. The van der Waals surface area contributed by atoms with Crippen molar-refractivity contribution in [3.63, 3.8) is 0 Å². The number of benzene rings is 1. The third-order valence-electron chi connectivity index (χ3n) is 3.16. The molecular weight excluding hydrogens is 214 g/mol. The summed E-state index contributed by atoms with van der Waals surface area (Å²) in [5.41, 5.74) is 10.4. The van der Waals surface area contributed by atoms with Gasteiger partial charge in [-0.2, -0.15) is 0 Å². The summed E-state index contributed by atoms with van der Waals surface area (Å²) in [7, 11) is 1.72. The van der Waals surface area contributed by atoms with E-state index in [0.29, 0.717) is 0 Å². The Balaban J connectivity index is 2.70. The first-order chi connectivity index (χ1) is 8.00. The van der Waals surface area contributed by atoms with E-state index < -0.39 is 0 Å². The molecule has 0 aliphatic carbocycles.